The van der Waals surface area contributed by atoms with Gasteiger partial charge in [0.15, 0.2) is 0 Å². The van der Waals surface area contributed by atoms with Crippen molar-refractivity contribution in [1.82, 2.24) is 5.32 Å². The average molecular weight is 308 g/mol. The number of nitrogens with one attached hydrogen (secondary N) is 1. The molecule has 0 saturated heterocycles. The SMILES string of the molecule is CCc1cc(OCc2ccoc2CNC(C)C)ccc1Cl. The van der Waals surface area contributed by atoms with E-state index in [4.69, 9.17) is 20.8 Å². The van der Waals surface area contributed by atoms with Gasteiger partial charge in [-0.3, -0.25) is 0 Å². The zero-order valence-corrected chi connectivity index (χ0v) is 13.5. The molecule has 4 heteroatoms. The first-order valence-corrected chi connectivity index (χ1v) is 7.67. The number of rotatable bonds is 7. The molecule has 0 atom stereocenters. The van der Waals surface area contributed by atoms with Crippen LogP contribution in [0.3, 0.4) is 0 Å². The van der Waals surface area contributed by atoms with Gasteiger partial charge in [-0.25, -0.2) is 0 Å². The summed E-state index contributed by atoms with van der Waals surface area (Å²) in [7, 11) is 0. The number of ether oxygens (including phenoxy) is 1. The van der Waals surface area contributed by atoms with Crippen LogP contribution >= 0.6 is 11.6 Å². The number of hydrogen-bond acceptors (Lipinski definition) is 3. The van der Waals surface area contributed by atoms with Crippen molar-refractivity contribution in [3.63, 3.8) is 0 Å². The molecule has 0 spiro atoms. The van der Waals surface area contributed by atoms with Crippen molar-refractivity contribution in [2.45, 2.75) is 46.4 Å². The Hall–Kier alpha value is -1.45. The van der Waals surface area contributed by atoms with Gasteiger partial charge in [0.25, 0.3) is 0 Å². The largest absolute Gasteiger partial charge is 0.489 e. The molecule has 3 nitrogen and oxygen atoms in total. The van der Waals surface area contributed by atoms with Gasteiger partial charge in [-0.05, 0) is 36.2 Å². The second-order valence-corrected chi connectivity index (χ2v) is 5.71. The van der Waals surface area contributed by atoms with E-state index < -0.39 is 0 Å². The maximum atomic E-state index is 6.11. The van der Waals surface area contributed by atoms with Crippen molar-refractivity contribution in [2.75, 3.05) is 0 Å². The third-order valence-corrected chi connectivity index (χ3v) is 3.67. The molecular formula is C17H22ClNO2. The fourth-order valence-corrected chi connectivity index (χ4v) is 2.27. The lowest BCUT2D eigenvalue weighted by Crippen LogP contribution is -2.22. The highest BCUT2D eigenvalue weighted by Gasteiger charge is 2.08. The summed E-state index contributed by atoms with van der Waals surface area (Å²) in [5.74, 6) is 1.76. The molecule has 0 aliphatic carbocycles. The molecular weight excluding hydrogens is 286 g/mol. The number of benzene rings is 1. The Morgan fingerprint density at radius 3 is 2.76 bits per heavy atom. The predicted octanol–water partition coefficient (Wildman–Crippen LogP) is 4.57. The summed E-state index contributed by atoms with van der Waals surface area (Å²) < 4.78 is 11.4. The number of aryl methyl sites for hydroxylation is 1. The maximum absolute atomic E-state index is 6.11. The first-order valence-electron chi connectivity index (χ1n) is 7.30. The highest BCUT2D eigenvalue weighted by Crippen LogP contribution is 2.23. The first-order chi connectivity index (χ1) is 10.1. The molecule has 2 rings (SSSR count). The molecule has 0 aliphatic rings. The molecule has 0 aliphatic heterocycles. The topological polar surface area (TPSA) is 34.4 Å². The van der Waals surface area contributed by atoms with Gasteiger partial charge in [0, 0.05) is 16.6 Å². The summed E-state index contributed by atoms with van der Waals surface area (Å²) in [5.41, 5.74) is 2.17. The van der Waals surface area contributed by atoms with Crippen molar-refractivity contribution in [2.24, 2.45) is 0 Å². The Kier molecular flexibility index (Phi) is 5.71. The molecule has 1 heterocycles. The van der Waals surface area contributed by atoms with Crippen molar-refractivity contribution < 1.29 is 9.15 Å². The van der Waals surface area contributed by atoms with E-state index in [2.05, 4.69) is 26.1 Å². The monoisotopic (exact) mass is 307 g/mol. The van der Waals surface area contributed by atoms with Gasteiger partial charge in [-0.1, -0.05) is 32.4 Å². The standard InChI is InChI=1S/C17H22ClNO2/c1-4-13-9-15(5-6-16(13)18)21-11-14-7-8-20-17(14)10-19-12(2)3/h5-9,12,19H,4,10-11H2,1-3H3. The number of halogens is 1. The molecule has 21 heavy (non-hydrogen) atoms. The maximum Gasteiger partial charge on any atom is 0.124 e. The second-order valence-electron chi connectivity index (χ2n) is 5.30. The van der Waals surface area contributed by atoms with Crippen LogP contribution in [0.2, 0.25) is 5.02 Å². The summed E-state index contributed by atoms with van der Waals surface area (Å²) in [5, 5.41) is 4.13. The molecule has 1 aromatic heterocycles. The molecule has 1 aromatic carbocycles. The van der Waals surface area contributed by atoms with Gasteiger partial charge >= 0.3 is 0 Å². The summed E-state index contributed by atoms with van der Waals surface area (Å²) in [4.78, 5) is 0. The lowest BCUT2D eigenvalue weighted by Gasteiger charge is -2.10. The minimum atomic E-state index is 0.423. The van der Waals surface area contributed by atoms with Crippen molar-refractivity contribution >= 4 is 11.6 Å². The summed E-state index contributed by atoms with van der Waals surface area (Å²) in [6.45, 7) is 7.51. The summed E-state index contributed by atoms with van der Waals surface area (Å²) >= 11 is 6.11. The van der Waals surface area contributed by atoms with E-state index in [0.717, 1.165) is 34.1 Å². The van der Waals surface area contributed by atoms with Crippen LogP contribution in [0.4, 0.5) is 0 Å². The third-order valence-electron chi connectivity index (χ3n) is 3.30. The summed E-state index contributed by atoms with van der Waals surface area (Å²) in [6.07, 6.45) is 2.60. The molecule has 0 amide bonds. The Balaban J connectivity index is 1.98. The van der Waals surface area contributed by atoms with Gasteiger partial charge in [0.1, 0.15) is 18.1 Å². The number of hydrogen-bond donors (Lipinski definition) is 1. The smallest absolute Gasteiger partial charge is 0.124 e. The van der Waals surface area contributed by atoms with Gasteiger partial charge in [-0.2, -0.15) is 0 Å². The van der Waals surface area contributed by atoms with Gasteiger partial charge in [0.2, 0.25) is 0 Å². The van der Waals surface area contributed by atoms with E-state index in [9.17, 15) is 0 Å². The van der Waals surface area contributed by atoms with Crippen LogP contribution in [0.15, 0.2) is 34.9 Å². The van der Waals surface area contributed by atoms with Crippen molar-refractivity contribution in [1.29, 1.82) is 0 Å². The molecule has 2 aromatic rings. The molecule has 0 fully saturated rings. The van der Waals surface area contributed by atoms with E-state index in [1.165, 1.54) is 0 Å². The van der Waals surface area contributed by atoms with Gasteiger partial charge < -0.3 is 14.5 Å². The Morgan fingerprint density at radius 1 is 1.24 bits per heavy atom. The van der Waals surface area contributed by atoms with Crippen LogP contribution < -0.4 is 10.1 Å². The van der Waals surface area contributed by atoms with Crippen LogP contribution in [0.25, 0.3) is 0 Å². The van der Waals surface area contributed by atoms with E-state index in [1.54, 1.807) is 6.26 Å². The minimum absolute atomic E-state index is 0.423. The molecule has 0 bridgehead atoms. The molecule has 114 valence electrons. The van der Waals surface area contributed by atoms with Crippen LogP contribution in [0, 0.1) is 0 Å². The Morgan fingerprint density at radius 2 is 2.05 bits per heavy atom. The zero-order chi connectivity index (χ0) is 15.2. The number of furan rings is 1. The fraction of sp³-hybridized carbons (Fsp3) is 0.412. The lowest BCUT2D eigenvalue weighted by molar-refractivity contribution is 0.300. The fourth-order valence-electron chi connectivity index (χ4n) is 2.02. The van der Waals surface area contributed by atoms with Crippen LogP contribution in [0.5, 0.6) is 5.75 Å². The quantitative estimate of drug-likeness (QED) is 0.813. The van der Waals surface area contributed by atoms with Gasteiger partial charge in [0.05, 0.1) is 12.8 Å². The second kappa shape index (κ2) is 7.53. The Bertz CT molecular complexity index is 578. The Labute approximate surface area is 131 Å². The van der Waals surface area contributed by atoms with E-state index >= 15 is 0 Å². The van der Waals surface area contributed by atoms with Gasteiger partial charge in [-0.15, -0.1) is 0 Å². The summed E-state index contributed by atoms with van der Waals surface area (Å²) in [6, 6.07) is 8.15. The third kappa shape index (κ3) is 4.51. The van der Waals surface area contributed by atoms with E-state index in [1.807, 2.05) is 24.3 Å². The predicted molar refractivity (Wildman–Crippen MR) is 85.8 cm³/mol. The first kappa shape index (κ1) is 15.9. The lowest BCUT2D eigenvalue weighted by atomic mass is 10.1. The van der Waals surface area contributed by atoms with Crippen molar-refractivity contribution in [3.05, 3.63) is 52.4 Å². The molecule has 1 N–H and O–H groups in total. The highest BCUT2D eigenvalue weighted by molar-refractivity contribution is 6.31. The van der Waals surface area contributed by atoms with Crippen LogP contribution in [-0.2, 0) is 19.6 Å². The normalized spacial score (nSPS) is 11.1. The molecule has 0 saturated carbocycles. The van der Waals surface area contributed by atoms with Crippen LogP contribution in [0.1, 0.15) is 37.7 Å². The van der Waals surface area contributed by atoms with E-state index in [0.29, 0.717) is 19.2 Å². The molecule has 0 unspecified atom stereocenters. The van der Waals surface area contributed by atoms with Crippen molar-refractivity contribution in [3.8, 4) is 5.75 Å². The average Bonchev–Trinajstić information content (AvgIpc) is 2.91. The van der Waals surface area contributed by atoms with Crippen LogP contribution in [-0.4, -0.2) is 6.04 Å². The zero-order valence-electron chi connectivity index (χ0n) is 12.8. The highest BCUT2D eigenvalue weighted by atomic mass is 35.5. The van der Waals surface area contributed by atoms with E-state index in [-0.39, 0.29) is 0 Å². The molecule has 0 radical (unpaired) electrons. The minimum Gasteiger partial charge on any atom is -0.489 e.